The zero-order valence-electron chi connectivity index (χ0n) is 16.5. The lowest BCUT2D eigenvalue weighted by Crippen LogP contribution is -2.50. The van der Waals surface area contributed by atoms with Crippen LogP contribution in [0.1, 0.15) is 34.9 Å². The fourth-order valence-electron chi connectivity index (χ4n) is 3.52. The van der Waals surface area contributed by atoms with Gasteiger partial charge in [-0.15, -0.1) is 0 Å². The van der Waals surface area contributed by atoms with E-state index in [1.54, 1.807) is 11.7 Å². The molecule has 1 aliphatic carbocycles. The van der Waals surface area contributed by atoms with Crippen LogP contribution in [0.25, 0.3) is 5.69 Å². The van der Waals surface area contributed by atoms with Gasteiger partial charge in [0.25, 0.3) is 5.91 Å². The average molecular weight is 381 g/mol. The summed E-state index contributed by atoms with van der Waals surface area (Å²) >= 11 is 0. The number of nitrogens with zero attached hydrogens (tertiary/aromatic N) is 5. The number of piperazine rings is 1. The monoisotopic (exact) mass is 381 g/mol. The standard InChI is InChI=1S/C21H27N5O2/c1-23-10-12-25(13-11-23)20(27)15-24(2)21(28)19-14-18(16-8-9-16)22-26(19)17-6-4-3-5-7-17/h3-7,14,16H,8-13,15H2,1-2H3. The molecule has 2 amide bonds. The first-order valence-corrected chi connectivity index (χ1v) is 9.90. The summed E-state index contributed by atoms with van der Waals surface area (Å²) in [5.41, 5.74) is 2.34. The molecule has 1 aliphatic heterocycles. The van der Waals surface area contributed by atoms with Crippen molar-refractivity contribution in [2.45, 2.75) is 18.8 Å². The van der Waals surface area contributed by atoms with Gasteiger partial charge in [0.2, 0.25) is 5.91 Å². The van der Waals surface area contributed by atoms with Gasteiger partial charge in [-0.1, -0.05) is 18.2 Å². The van der Waals surface area contributed by atoms with Gasteiger partial charge in [0.05, 0.1) is 17.9 Å². The third kappa shape index (κ3) is 3.94. The van der Waals surface area contributed by atoms with Crippen molar-refractivity contribution in [1.29, 1.82) is 0 Å². The Balaban J connectivity index is 1.51. The minimum atomic E-state index is -0.175. The lowest BCUT2D eigenvalue weighted by molar-refractivity contribution is -0.133. The van der Waals surface area contributed by atoms with E-state index < -0.39 is 0 Å². The molecule has 7 heteroatoms. The predicted molar refractivity (Wildman–Crippen MR) is 107 cm³/mol. The SMILES string of the molecule is CN1CCN(C(=O)CN(C)C(=O)c2cc(C3CC3)nn2-c2ccccc2)CC1. The van der Waals surface area contributed by atoms with Crippen LogP contribution in [0, 0.1) is 0 Å². The van der Waals surface area contributed by atoms with Gasteiger partial charge in [-0.3, -0.25) is 9.59 Å². The first-order chi connectivity index (χ1) is 13.5. The number of hydrogen-bond acceptors (Lipinski definition) is 4. The van der Waals surface area contributed by atoms with Crippen molar-refractivity contribution >= 4 is 11.8 Å². The molecule has 0 bridgehead atoms. The molecule has 4 rings (SSSR count). The molecule has 0 N–H and O–H groups in total. The number of likely N-dealkylation sites (N-methyl/N-ethyl adjacent to an activating group) is 2. The van der Waals surface area contributed by atoms with E-state index in [9.17, 15) is 9.59 Å². The molecule has 2 aromatic rings. The van der Waals surface area contributed by atoms with Gasteiger partial charge < -0.3 is 14.7 Å². The molecule has 0 atom stereocenters. The lowest BCUT2D eigenvalue weighted by Gasteiger charge is -2.33. The Hall–Kier alpha value is -2.67. The minimum absolute atomic E-state index is 0.00265. The third-order valence-electron chi connectivity index (χ3n) is 5.52. The second kappa shape index (κ2) is 7.75. The number of rotatable bonds is 5. The molecule has 0 radical (unpaired) electrons. The van der Waals surface area contributed by atoms with Crippen LogP contribution in [-0.2, 0) is 4.79 Å². The Bertz CT molecular complexity index is 851. The van der Waals surface area contributed by atoms with Crippen molar-refractivity contribution in [3.05, 3.63) is 47.8 Å². The van der Waals surface area contributed by atoms with Gasteiger partial charge in [0.1, 0.15) is 5.69 Å². The summed E-state index contributed by atoms with van der Waals surface area (Å²) in [4.78, 5) is 31.3. The van der Waals surface area contributed by atoms with Crippen molar-refractivity contribution in [3.8, 4) is 5.69 Å². The maximum absolute atomic E-state index is 13.2. The normalized spacial score (nSPS) is 17.6. The molecule has 7 nitrogen and oxygen atoms in total. The molecule has 0 spiro atoms. The molecule has 1 aromatic heterocycles. The largest absolute Gasteiger partial charge is 0.339 e. The number of carbonyl (C=O) groups excluding carboxylic acids is 2. The molecule has 1 aromatic carbocycles. The topological polar surface area (TPSA) is 61.7 Å². The van der Waals surface area contributed by atoms with Gasteiger partial charge in [0, 0.05) is 39.1 Å². The molecule has 2 heterocycles. The highest BCUT2D eigenvalue weighted by molar-refractivity contribution is 5.95. The minimum Gasteiger partial charge on any atom is -0.339 e. The number of amides is 2. The van der Waals surface area contributed by atoms with Crippen molar-refractivity contribution < 1.29 is 9.59 Å². The second-order valence-corrected chi connectivity index (χ2v) is 7.82. The van der Waals surface area contributed by atoms with Crippen molar-refractivity contribution in [2.75, 3.05) is 46.8 Å². The van der Waals surface area contributed by atoms with Gasteiger partial charge in [-0.2, -0.15) is 5.10 Å². The zero-order chi connectivity index (χ0) is 19.7. The summed E-state index contributed by atoms with van der Waals surface area (Å²) in [7, 11) is 3.75. The Kier molecular flexibility index (Phi) is 5.17. The summed E-state index contributed by atoms with van der Waals surface area (Å²) in [5, 5.41) is 4.69. The van der Waals surface area contributed by atoms with Crippen molar-refractivity contribution in [3.63, 3.8) is 0 Å². The molecule has 1 saturated carbocycles. The first-order valence-electron chi connectivity index (χ1n) is 9.90. The van der Waals surface area contributed by atoms with Gasteiger partial charge >= 0.3 is 0 Å². The number of benzene rings is 1. The van der Waals surface area contributed by atoms with E-state index in [0.29, 0.717) is 24.7 Å². The number of carbonyl (C=O) groups is 2. The van der Waals surface area contributed by atoms with E-state index in [1.165, 1.54) is 4.90 Å². The van der Waals surface area contributed by atoms with Crippen molar-refractivity contribution in [1.82, 2.24) is 24.5 Å². The summed E-state index contributed by atoms with van der Waals surface area (Å²) in [6, 6.07) is 11.6. The quantitative estimate of drug-likeness (QED) is 0.789. The van der Waals surface area contributed by atoms with Crippen LogP contribution in [-0.4, -0.2) is 83.1 Å². The van der Waals surface area contributed by atoms with Crippen LogP contribution in [0.5, 0.6) is 0 Å². The average Bonchev–Trinajstić information content (AvgIpc) is 3.47. The highest BCUT2D eigenvalue weighted by atomic mass is 16.2. The van der Waals surface area contributed by atoms with E-state index >= 15 is 0 Å². The van der Waals surface area contributed by atoms with E-state index in [2.05, 4.69) is 11.9 Å². The van der Waals surface area contributed by atoms with Gasteiger partial charge in [-0.25, -0.2) is 4.68 Å². The third-order valence-corrected chi connectivity index (χ3v) is 5.52. The van der Waals surface area contributed by atoms with E-state index in [-0.39, 0.29) is 18.4 Å². The number of hydrogen-bond donors (Lipinski definition) is 0. The van der Waals surface area contributed by atoms with Crippen molar-refractivity contribution in [2.24, 2.45) is 0 Å². The first kappa shape index (κ1) is 18.7. The van der Waals surface area contributed by atoms with Crippen LogP contribution >= 0.6 is 0 Å². The summed E-state index contributed by atoms with van der Waals surface area (Å²) in [5.74, 6) is 0.275. The summed E-state index contributed by atoms with van der Waals surface area (Å²) < 4.78 is 1.72. The lowest BCUT2D eigenvalue weighted by atomic mass is 10.2. The Labute approximate surface area is 165 Å². The van der Waals surface area contributed by atoms with Crippen LogP contribution in [0.3, 0.4) is 0 Å². The second-order valence-electron chi connectivity index (χ2n) is 7.82. The highest BCUT2D eigenvalue weighted by Gasteiger charge is 2.30. The molecular formula is C21H27N5O2. The smallest absolute Gasteiger partial charge is 0.272 e. The summed E-state index contributed by atoms with van der Waals surface area (Å²) in [6.07, 6.45) is 2.24. The summed E-state index contributed by atoms with van der Waals surface area (Å²) in [6.45, 7) is 3.25. The fraction of sp³-hybridized carbons (Fsp3) is 0.476. The van der Waals surface area contributed by atoms with Gasteiger partial charge in [-0.05, 0) is 38.1 Å². The number of aromatic nitrogens is 2. The Morgan fingerprint density at radius 1 is 1.11 bits per heavy atom. The zero-order valence-corrected chi connectivity index (χ0v) is 16.5. The molecule has 2 fully saturated rings. The van der Waals surface area contributed by atoms with Crippen LogP contribution in [0.15, 0.2) is 36.4 Å². The maximum atomic E-state index is 13.2. The fourth-order valence-corrected chi connectivity index (χ4v) is 3.52. The molecule has 0 unspecified atom stereocenters. The van der Waals surface area contributed by atoms with Crippen LogP contribution < -0.4 is 0 Å². The van der Waals surface area contributed by atoms with Gasteiger partial charge in [0.15, 0.2) is 0 Å². The molecule has 1 saturated heterocycles. The van der Waals surface area contributed by atoms with E-state index in [4.69, 9.17) is 5.10 Å². The molecule has 28 heavy (non-hydrogen) atoms. The predicted octanol–water partition coefficient (Wildman–Crippen LogP) is 1.60. The Morgan fingerprint density at radius 3 is 2.43 bits per heavy atom. The van der Waals surface area contributed by atoms with Crippen LogP contribution in [0.4, 0.5) is 0 Å². The Morgan fingerprint density at radius 2 is 1.79 bits per heavy atom. The molecular weight excluding hydrogens is 354 g/mol. The maximum Gasteiger partial charge on any atom is 0.272 e. The molecule has 148 valence electrons. The number of para-hydroxylation sites is 1. The van der Waals surface area contributed by atoms with Crippen LogP contribution in [0.2, 0.25) is 0 Å². The highest BCUT2D eigenvalue weighted by Crippen LogP contribution is 2.39. The molecule has 2 aliphatic rings. The van der Waals surface area contributed by atoms with E-state index in [1.807, 2.05) is 41.3 Å². The van der Waals surface area contributed by atoms with E-state index in [0.717, 1.165) is 37.3 Å².